The summed E-state index contributed by atoms with van der Waals surface area (Å²) in [5.74, 6) is 0.540. The fourth-order valence-corrected chi connectivity index (χ4v) is 2.22. The van der Waals surface area contributed by atoms with Crippen molar-refractivity contribution < 1.29 is 4.39 Å². The van der Waals surface area contributed by atoms with Crippen molar-refractivity contribution in [3.8, 4) is 0 Å². The van der Waals surface area contributed by atoms with E-state index in [0.29, 0.717) is 12.6 Å². The van der Waals surface area contributed by atoms with E-state index in [1.807, 2.05) is 13.2 Å². The van der Waals surface area contributed by atoms with Gasteiger partial charge in [0.25, 0.3) is 0 Å². The molecule has 0 saturated carbocycles. The van der Waals surface area contributed by atoms with E-state index in [0.717, 1.165) is 23.0 Å². The van der Waals surface area contributed by atoms with Crippen LogP contribution in [-0.4, -0.2) is 24.8 Å². The van der Waals surface area contributed by atoms with Gasteiger partial charge in [-0.15, -0.1) is 11.8 Å². The molecule has 0 saturated heterocycles. The molecule has 3 nitrogen and oxygen atoms in total. The second kappa shape index (κ2) is 8.04. The molecule has 106 valence electrons. The summed E-state index contributed by atoms with van der Waals surface area (Å²) in [7, 11) is 0. The number of nitrogens with one attached hydrogen (secondary N) is 2. The lowest BCUT2D eigenvalue weighted by Crippen LogP contribution is -2.41. The first-order valence-corrected chi connectivity index (χ1v) is 7.66. The number of nitrogens with zero attached hydrogens (tertiary/aromatic N) is 1. The first-order chi connectivity index (χ1) is 9.06. The van der Waals surface area contributed by atoms with E-state index in [1.165, 1.54) is 6.07 Å². The van der Waals surface area contributed by atoms with Gasteiger partial charge in [-0.1, -0.05) is 0 Å². The molecule has 2 N–H and O–H groups in total. The van der Waals surface area contributed by atoms with Gasteiger partial charge < -0.3 is 10.6 Å². The Bertz CT molecular complexity index is 433. The largest absolute Gasteiger partial charge is 0.357 e. The van der Waals surface area contributed by atoms with Crippen molar-refractivity contribution in [2.75, 3.05) is 12.8 Å². The summed E-state index contributed by atoms with van der Waals surface area (Å²) in [5.41, 5.74) is 0.911. The molecule has 0 aromatic heterocycles. The molecule has 1 aromatic rings. The fraction of sp³-hybridized carbons (Fsp3) is 0.500. The van der Waals surface area contributed by atoms with Gasteiger partial charge in [0.05, 0.1) is 6.54 Å². The highest BCUT2D eigenvalue weighted by Gasteiger charge is 2.04. The molecule has 0 fully saturated rings. The average Bonchev–Trinajstić information content (AvgIpc) is 2.36. The van der Waals surface area contributed by atoms with Crippen molar-refractivity contribution >= 4 is 17.7 Å². The Labute approximate surface area is 119 Å². The van der Waals surface area contributed by atoms with Gasteiger partial charge in [0.15, 0.2) is 5.96 Å². The first kappa shape index (κ1) is 15.8. The van der Waals surface area contributed by atoms with Gasteiger partial charge in [0.1, 0.15) is 5.82 Å². The zero-order valence-electron chi connectivity index (χ0n) is 12.0. The van der Waals surface area contributed by atoms with Crippen molar-refractivity contribution in [3.05, 3.63) is 29.6 Å². The van der Waals surface area contributed by atoms with Crippen LogP contribution in [0.5, 0.6) is 0 Å². The molecule has 0 bridgehead atoms. The van der Waals surface area contributed by atoms with Crippen LogP contribution in [0.3, 0.4) is 0 Å². The number of halogens is 1. The molecule has 0 aliphatic heterocycles. The third kappa shape index (κ3) is 5.51. The normalized spacial score (nSPS) is 11.8. The highest BCUT2D eigenvalue weighted by molar-refractivity contribution is 7.98. The van der Waals surface area contributed by atoms with E-state index in [9.17, 15) is 4.39 Å². The monoisotopic (exact) mass is 283 g/mol. The summed E-state index contributed by atoms with van der Waals surface area (Å²) in [6.07, 6.45) is 1.98. The lowest BCUT2D eigenvalue weighted by molar-refractivity contribution is 0.623. The molecule has 1 rings (SSSR count). The van der Waals surface area contributed by atoms with Crippen LogP contribution in [-0.2, 0) is 6.54 Å². The van der Waals surface area contributed by atoms with Gasteiger partial charge in [-0.2, -0.15) is 0 Å². The maximum atomic E-state index is 13.3. The smallest absolute Gasteiger partial charge is 0.191 e. The second-order valence-corrected chi connectivity index (χ2v) is 5.30. The molecule has 0 unspecified atom stereocenters. The summed E-state index contributed by atoms with van der Waals surface area (Å²) in [5, 5.41) is 6.42. The molecule has 19 heavy (non-hydrogen) atoms. The molecule has 0 atom stereocenters. The molecular weight excluding hydrogens is 261 g/mol. The fourth-order valence-electron chi connectivity index (χ4n) is 1.63. The molecule has 1 aromatic carbocycles. The number of thioether (sulfide) groups is 1. The Morgan fingerprint density at radius 2 is 2.16 bits per heavy atom. The molecular formula is C14H22FN3S. The van der Waals surface area contributed by atoms with E-state index >= 15 is 0 Å². The van der Waals surface area contributed by atoms with Crippen LogP contribution < -0.4 is 10.6 Å². The summed E-state index contributed by atoms with van der Waals surface area (Å²) in [6.45, 7) is 7.41. The van der Waals surface area contributed by atoms with E-state index in [2.05, 4.69) is 29.5 Å². The van der Waals surface area contributed by atoms with E-state index < -0.39 is 0 Å². The predicted octanol–water partition coefficient (Wildman–Crippen LogP) is 3.01. The van der Waals surface area contributed by atoms with Gasteiger partial charge in [0, 0.05) is 17.5 Å². The molecule has 0 spiro atoms. The van der Waals surface area contributed by atoms with Gasteiger partial charge in [-0.25, -0.2) is 9.38 Å². The van der Waals surface area contributed by atoms with E-state index in [4.69, 9.17) is 0 Å². The van der Waals surface area contributed by atoms with Crippen LogP contribution in [0.25, 0.3) is 0 Å². The first-order valence-electron chi connectivity index (χ1n) is 6.44. The molecule has 5 heteroatoms. The zero-order valence-corrected chi connectivity index (χ0v) is 12.8. The van der Waals surface area contributed by atoms with Gasteiger partial charge >= 0.3 is 0 Å². The van der Waals surface area contributed by atoms with Crippen molar-refractivity contribution in [1.82, 2.24) is 10.6 Å². The van der Waals surface area contributed by atoms with Crippen LogP contribution in [0.2, 0.25) is 0 Å². The molecule has 0 amide bonds. The highest BCUT2D eigenvalue weighted by Crippen LogP contribution is 2.21. The third-order valence-electron chi connectivity index (χ3n) is 2.42. The standard InChI is InChI=1S/C14H22FN3S/c1-5-16-14(18-10(2)3)17-9-11-8-12(15)6-7-13(11)19-4/h6-8,10H,5,9H2,1-4H3,(H2,16,17,18). The number of aliphatic imine (C=N–C) groups is 1. The maximum absolute atomic E-state index is 13.3. The average molecular weight is 283 g/mol. The van der Waals surface area contributed by atoms with Crippen LogP contribution in [0, 0.1) is 5.82 Å². The number of hydrogen-bond donors (Lipinski definition) is 2. The number of guanidine groups is 1. The quantitative estimate of drug-likeness (QED) is 0.495. The third-order valence-corrected chi connectivity index (χ3v) is 3.26. The topological polar surface area (TPSA) is 36.4 Å². The Kier molecular flexibility index (Phi) is 6.70. The van der Waals surface area contributed by atoms with Crippen molar-refractivity contribution in [2.45, 2.75) is 38.3 Å². The molecule has 0 radical (unpaired) electrons. The van der Waals surface area contributed by atoms with Crippen LogP contribution in [0.15, 0.2) is 28.1 Å². The van der Waals surface area contributed by atoms with Crippen molar-refractivity contribution in [2.24, 2.45) is 4.99 Å². The summed E-state index contributed by atoms with van der Waals surface area (Å²) in [4.78, 5) is 5.55. The predicted molar refractivity (Wildman–Crippen MR) is 81.3 cm³/mol. The minimum atomic E-state index is -0.218. The molecule has 0 aliphatic rings. The van der Waals surface area contributed by atoms with Crippen LogP contribution in [0.1, 0.15) is 26.3 Å². The Hall–Kier alpha value is -1.23. The molecule has 0 aliphatic carbocycles. The second-order valence-electron chi connectivity index (χ2n) is 4.45. The van der Waals surface area contributed by atoms with Crippen LogP contribution in [0.4, 0.5) is 4.39 Å². The van der Waals surface area contributed by atoms with Gasteiger partial charge in [-0.3, -0.25) is 0 Å². The van der Waals surface area contributed by atoms with Gasteiger partial charge in [0.2, 0.25) is 0 Å². The lowest BCUT2D eigenvalue weighted by Gasteiger charge is -2.14. The Morgan fingerprint density at radius 1 is 1.42 bits per heavy atom. The number of hydrogen-bond acceptors (Lipinski definition) is 2. The minimum Gasteiger partial charge on any atom is -0.357 e. The summed E-state index contributed by atoms with van der Waals surface area (Å²) < 4.78 is 13.3. The SMILES string of the molecule is CCNC(=NCc1cc(F)ccc1SC)NC(C)C. The Morgan fingerprint density at radius 3 is 2.74 bits per heavy atom. The van der Waals surface area contributed by atoms with Crippen LogP contribution >= 0.6 is 11.8 Å². The molecule has 0 heterocycles. The number of benzene rings is 1. The van der Waals surface area contributed by atoms with E-state index in [-0.39, 0.29) is 5.82 Å². The Balaban J connectivity index is 2.84. The maximum Gasteiger partial charge on any atom is 0.191 e. The summed E-state index contributed by atoms with van der Waals surface area (Å²) in [6, 6.07) is 5.14. The van der Waals surface area contributed by atoms with Crippen molar-refractivity contribution in [1.29, 1.82) is 0 Å². The number of rotatable bonds is 5. The lowest BCUT2D eigenvalue weighted by atomic mass is 10.2. The van der Waals surface area contributed by atoms with Crippen molar-refractivity contribution in [3.63, 3.8) is 0 Å². The zero-order chi connectivity index (χ0) is 14.3. The highest BCUT2D eigenvalue weighted by atomic mass is 32.2. The van der Waals surface area contributed by atoms with Gasteiger partial charge in [-0.05, 0) is 50.8 Å². The minimum absolute atomic E-state index is 0.218. The van der Waals surface area contributed by atoms with E-state index in [1.54, 1.807) is 23.9 Å². The summed E-state index contributed by atoms with van der Waals surface area (Å²) >= 11 is 1.61.